The van der Waals surface area contributed by atoms with E-state index in [9.17, 15) is 26.4 Å². The van der Waals surface area contributed by atoms with E-state index in [1.807, 2.05) is 0 Å². The summed E-state index contributed by atoms with van der Waals surface area (Å²) in [5, 5.41) is -1.36. The Morgan fingerprint density at radius 2 is 1.68 bits per heavy atom. The van der Waals surface area contributed by atoms with Gasteiger partial charge in [0.1, 0.15) is 11.1 Å². The lowest BCUT2D eigenvalue weighted by Gasteiger charge is -2.21. The van der Waals surface area contributed by atoms with Crippen LogP contribution in [0.1, 0.15) is 29.6 Å². The maximum absolute atomic E-state index is 13.5. The molecule has 0 saturated carbocycles. The molecule has 19 heavy (non-hydrogen) atoms. The number of sulfone groups is 1. The number of hydrogen-bond donors (Lipinski definition) is 0. The molecule has 0 aromatic heterocycles. The summed E-state index contributed by atoms with van der Waals surface area (Å²) in [6.45, 7) is 0. The van der Waals surface area contributed by atoms with E-state index in [1.165, 1.54) is 0 Å². The molecule has 0 radical (unpaired) electrons. The fourth-order valence-electron chi connectivity index (χ4n) is 2.13. The number of ketones is 1. The minimum absolute atomic E-state index is 0.0829. The van der Waals surface area contributed by atoms with Gasteiger partial charge in [0, 0.05) is 6.07 Å². The molecule has 0 spiro atoms. The second kappa shape index (κ2) is 4.96. The summed E-state index contributed by atoms with van der Waals surface area (Å²) >= 11 is 0. The molecule has 0 amide bonds. The van der Waals surface area contributed by atoms with Crippen LogP contribution in [0.2, 0.25) is 0 Å². The van der Waals surface area contributed by atoms with Crippen LogP contribution in [0.3, 0.4) is 0 Å². The number of carbonyl (C=O) groups excluding carboxylic acids is 1. The van der Waals surface area contributed by atoms with Crippen molar-refractivity contribution in [3.05, 3.63) is 35.1 Å². The zero-order valence-corrected chi connectivity index (χ0v) is 10.6. The zero-order valence-electron chi connectivity index (χ0n) is 9.83. The number of benzene rings is 1. The normalized spacial score (nSPS) is 22.2. The van der Waals surface area contributed by atoms with E-state index in [4.69, 9.17) is 0 Å². The van der Waals surface area contributed by atoms with Gasteiger partial charge < -0.3 is 0 Å². The Balaban J connectivity index is 2.42. The van der Waals surface area contributed by atoms with Crippen molar-refractivity contribution >= 4 is 15.6 Å². The van der Waals surface area contributed by atoms with Crippen LogP contribution < -0.4 is 0 Å². The van der Waals surface area contributed by atoms with Crippen molar-refractivity contribution in [3.8, 4) is 0 Å². The molecule has 7 heteroatoms. The largest absolute Gasteiger partial charge is 0.293 e. The van der Waals surface area contributed by atoms with Crippen molar-refractivity contribution in [2.24, 2.45) is 0 Å². The number of halogens is 3. The fraction of sp³-hybridized carbons (Fsp3) is 0.417. The van der Waals surface area contributed by atoms with Crippen molar-refractivity contribution in [1.29, 1.82) is 0 Å². The van der Waals surface area contributed by atoms with Crippen LogP contribution >= 0.6 is 0 Å². The molecule has 1 fully saturated rings. The molecular weight excluding hydrogens is 281 g/mol. The van der Waals surface area contributed by atoms with Gasteiger partial charge in [0.05, 0.1) is 11.3 Å². The molecule has 3 nitrogen and oxygen atoms in total. The van der Waals surface area contributed by atoms with Crippen LogP contribution in [-0.2, 0) is 9.84 Å². The SMILES string of the molecule is O=C(c1cc(F)c(F)cc1F)C1CCCCS1(=O)=O. The van der Waals surface area contributed by atoms with Crippen LogP contribution in [0.4, 0.5) is 13.2 Å². The maximum atomic E-state index is 13.5. The van der Waals surface area contributed by atoms with Crippen LogP contribution in [-0.4, -0.2) is 25.2 Å². The highest BCUT2D eigenvalue weighted by molar-refractivity contribution is 7.92. The standard InChI is InChI=1S/C12H11F3O3S/c13-8-6-10(15)9(14)5-7(8)12(16)11-3-1-2-4-19(11,17)18/h5-6,11H,1-4H2. The van der Waals surface area contributed by atoms with Gasteiger partial charge in [-0.3, -0.25) is 4.79 Å². The molecule has 0 N–H and O–H groups in total. The molecule has 1 unspecified atom stereocenters. The number of Topliss-reactive ketones (excluding diaryl/α,β-unsaturated/α-hetero) is 1. The smallest absolute Gasteiger partial charge is 0.184 e. The van der Waals surface area contributed by atoms with Gasteiger partial charge >= 0.3 is 0 Å². The van der Waals surface area contributed by atoms with E-state index in [0.29, 0.717) is 18.9 Å². The lowest BCUT2D eigenvalue weighted by molar-refractivity contribution is 0.0977. The highest BCUT2D eigenvalue weighted by Crippen LogP contribution is 2.25. The molecular formula is C12H11F3O3S. The van der Waals surface area contributed by atoms with Crippen molar-refractivity contribution in [3.63, 3.8) is 0 Å². The predicted octanol–water partition coefficient (Wildman–Crippen LogP) is 2.25. The Bertz CT molecular complexity index is 625. The third-order valence-electron chi connectivity index (χ3n) is 3.15. The first kappa shape index (κ1) is 14.0. The van der Waals surface area contributed by atoms with E-state index < -0.39 is 43.9 Å². The fourth-order valence-corrected chi connectivity index (χ4v) is 4.00. The van der Waals surface area contributed by atoms with Crippen molar-refractivity contribution in [2.75, 3.05) is 5.75 Å². The van der Waals surface area contributed by atoms with E-state index >= 15 is 0 Å². The molecule has 1 heterocycles. The highest BCUT2D eigenvalue weighted by Gasteiger charge is 2.36. The van der Waals surface area contributed by atoms with E-state index in [2.05, 4.69) is 0 Å². The number of carbonyl (C=O) groups is 1. The predicted molar refractivity (Wildman–Crippen MR) is 62.1 cm³/mol. The molecule has 1 saturated heterocycles. The maximum Gasteiger partial charge on any atom is 0.184 e. The first-order valence-electron chi connectivity index (χ1n) is 5.73. The van der Waals surface area contributed by atoms with E-state index in [0.717, 1.165) is 0 Å². The molecule has 1 aromatic rings. The summed E-state index contributed by atoms with van der Waals surface area (Å²) in [5.74, 6) is -5.19. The Labute approximate surface area is 108 Å². The summed E-state index contributed by atoms with van der Waals surface area (Å²) in [6.07, 6.45) is 1.06. The van der Waals surface area contributed by atoms with Gasteiger partial charge in [-0.05, 0) is 18.9 Å². The average molecular weight is 292 g/mol. The second-order valence-corrected chi connectivity index (χ2v) is 6.76. The van der Waals surface area contributed by atoms with Crippen LogP contribution in [0.15, 0.2) is 12.1 Å². The van der Waals surface area contributed by atoms with Crippen LogP contribution in [0.25, 0.3) is 0 Å². The van der Waals surface area contributed by atoms with Gasteiger partial charge in [-0.2, -0.15) is 0 Å². The van der Waals surface area contributed by atoms with E-state index in [1.54, 1.807) is 0 Å². The van der Waals surface area contributed by atoms with Crippen molar-refractivity contribution < 1.29 is 26.4 Å². The van der Waals surface area contributed by atoms with Crippen LogP contribution in [0, 0.1) is 17.5 Å². The minimum Gasteiger partial charge on any atom is -0.293 e. The molecule has 1 aliphatic rings. The topological polar surface area (TPSA) is 51.2 Å². The molecule has 1 aromatic carbocycles. The average Bonchev–Trinajstić information content (AvgIpc) is 2.32. The quantitative estimate of drug-likeness (QED) is 0.620. The van der Waals surface area contributed by atoms with Crippen LogP contribution in [0.5, 0.6) is 0 Å². The summed E-state index contributed by atoms with van der Waals surface area (Å²) < 4.78 is 62.8. The van der Waals surface area contributed by atoms with Gasteiger partial charge in [-0.1, -0.05) is 6.42 Å². The Hall–Kier alpha value is -1.37. The summed E-state index contributed by atoms with van der Waals surface area (Å²) in [5.41, 5.74) is -0.714. The summed E-state index contributed by atoms with van der Waals surface area (Å²) in [4.78, 5) is 12.0. The van der Waals surface area contributed by atoms with Gasteiger partial charge in [0.2, 0.25) is 0 Å². The van der Waals surface area contributed by atoms with Gasteiger partial charge in [-0.25, -0.2) is 21.6 Å². The molecule has 2 rings (SSSR count). The number of rotatable bonds is 2. The zero-order chi connectivity index (χ0) is 14.2. The first-order valence-corrected chi connectivity index (χ1v) is 7.45. The molecule has 0 bridgehead atoms. The van der Waals surface area contributed by atoms with Gasteiger partial charge in [-0.15, -0.1) is 0 Å². The first-order chi connectivity index (χ1) is 8.83. The van der Waals surface area contributed by atoms with E-state index in [-0.39, 0.29) is 18.2 Å². The summed E-state index contributed by atoms with van der Waals surface area (Å²) in [7, 11) is -3.64. The Morgan fingerprint density at radius 1 is 1.05 bits per heavy atom. The summed E-state index contributed by atoms with van der Waals surface area (Å²) in [6, 6.07) is 0.662. The Kier molecular flexibility index (Phi) is 3.66. The van der Waals surface area contributed by atoms with Gasteiger partial charge in [0.25, 0.3) is 0 Å². The minimum atomic E-state index is -3.64. The monoisotopic (exact) mass is 292 g/mol. The highest BCUT2D eigenvalue weighted by atomic mass is 32.2. The molecule has 0 aliphatic carbocycles. The third kappa shape index (κ3) is 2.65. The van der Waals surface area contributed by atoms with Crippen molar-refractivity contribution in [2.45, 2.75) is 24.5 Å². The molecule has 1 atom stereocenters. The lowest BCUT2D eigenvalue weighted by Crippen LogP contribution is -2.36. The van der Waals surface area contributed by atoms with Gasteiger partial charge in [0.15, 0.2) is 27.3 Å². The lowest BCUT2D eigenvalue weighted by atomic mass is 10.0. The number of hydrogen-bond acceptors (Lipinski definition) is 3. The molecule has 1 aliphatic heterocycles. The van der Waals surface area contributed by atoms with Crippen molar-refractivity contribution in [1.82, 2.24) is 0 Å². The molecule has 104 valence electrons. The Morgan fingerprint density at radius 3 is 2.32 bits per heavy atom. The third-order valence-corrected chi connectivity index (χ3v) is 5.32. The second-order valence-electron chi connectivity index (χ2n) is 4.46.